The zero-order valence-corrected chi connectivity index (χ0v) is 14.0. The van der Waals surface area contributed by atoms with Gasteiger partial charge in [-0.25, -0.2) is 0 Å². The predicted molar refractivity (Wildman–Crippen MR) is 91.1 cm³/mol. The Labute approximate surface area is 132 Å². The van der Waals surface area contributed by atoms with Crippen molar-refractivity contribution in [3.8, 4) is 0 Å². The minimum atomic E-state index is 0.832. The van der Waals surface area contributed by atoms with Gasteiger partial charge in [-0.05, 0) is 28.9 Å². The molecule has 118 valence electrons. The van der Waals surface area contributed by atoms with Gasteiger partial charge >= 0.3 is 0 Å². The van der Waals surface area contributed by atoms with E-state index in [4.69, 9.17) is 0 Å². The second kappa shape index (κ2) is 9.02. The normalized spacial score (nSPS) is 17.9. The van der Waals surface area contributed by atoms with Gasteiger partial charge in [-0.3, -0.25) is 9.89 Å². The fraction of sp³-hybridized carbons (Fsp3) is 0.667. The summed E-state index contributed by atoms with van der Waals surface area (Å²) in [6, 6.07) is 2.14. The Morgan fingerprint density at radius 1 is 1.24 bits per heavy atom. The highest BCUT2D eigenvalue weighted by molar-refractivity contribution is 7.07. The first kappa shape index (κ1) is 16.3. The average molecular weight is 309 g/mol. The Bertz CT molecular complexity index is 410. The van der Waals surface area contributed by atoms with Crippen LogP contribution in [0.5, 0.6) is 0 Å². The zero-order valence-electron chi connectivity index (χ0n) is 13.1. The lowest BCUT2D eigenvalue weighted by atomic mass is 10.3. The van der Waals surface area contributed by atoms with E-state index < -0.39 is 0 Å². The van der Waals surface area contributed by atoms with Gasteiger partial charge in [0, 0.05) is 52.9 Å². The molecule has 6 heteroatoms. The Morgan fingerprint density at radius 2 is 2.00 bits per heavy atom. The molecule has 1 aliphatic rings. The maximum atomic E-state index is 4.27. The van der Waals surface area contributed by atoms with Crippen LogP contribution in [-0.2, 0) is 6.54 Å². The third kappa shape index (κ3) is 5.65. The van der Waals surface area contributed by atoms with E-state index in [0.717, 1.165) is 25.6 Å². The third-order valence-corrected chi connectivity index (χ3v) is 4.63. The average Bonchev–Trinajstić information content (AvgIpc) is 3.04. The molecule has 2 heterocycles. The number of hydrogen-bond donors (Lipinski definition) is 2. The minimum absolute atomic E-state index is 0.832. The van der Waals surface area contributed by atoms with Crippen LogP contribution in [0.1, 0.15) is 12.5 Å². The van der Waals surface area contributed by atoms with Crippen molar-refractivity contribution in [2.24, 2.45) is 4.99 Å². The fourth-order valence-corrected chi connectivity index (χ4v) is 3.13. The van der Waals surface area contributed by atoms with E-state index in [1.165, 1.54) is 38.3 Å². The summed E-state index contributed by atoms with van der Waals surface area (Å²) in [5.74, 6) is 0.883. The molecular formula is C15H27N5S. The lowest BCUT2D eigenvalue weighted by Gasteiger charge is -2.34. The standard InChI is InChI=1S/C15H27N5S/c1-3-19-7-9-20(10-8-19)6-5-17-15(16-2)18-12-14-4-11-21-13-14/h4,11,13H,3,5-10,12H2,1-2H3,(H2,16,17,18). The monoisotopic (exact) mass is 309 g/mol. The summed E-state index contributed by atoms with van der Waals surface area (Å²) in [7, 11) is 1.82. The third-order valence-electron chi connectivity index (χ3n) is 3.90. The topological polar surface area (TPSA) is 42.9 Å². The second-order valence-electron chi connectivity index (χ2n) is 5.26. The molecule has 1 saturated heterocycles. The molecule has 0 aromatic carbocycles. The van der Waals surface area contributed by atoms with Gasteiger partial charge in [0.15, 0.2) is 5.96 Å². The van der Waals surface area contributed by atoms with Crippen molar-refractivity contribution in [2.45, 2.75) is 13.5 Å². The van der Waals surface area contributed by atoms with Crippen molar-refractivity contribution in [3.05, 3.63) is 22.4 Å². The smallest absolute Gasteiger partial charge is 0.191 e. The van der Waals surface area contributed by atoms with E-state index >= 15 is 0 Å². The maximum absolute atomic E-state index is 4.27. The molecule has 21 heavy (non-hydrogen) atoms. The Kier molecular flexibility index (Phi) is 6.99. The van der Waals surface area contributed by atoms with Crippen molar-refractivity contribution < 1.29 is 0 Å². The number of nitrogens with zero attached hydrogens (tertiary/aromatic N) is 3. The number of nitrogens with one attached hydrogen (secondary N) is 2. The summed E-state index contributed by atoms with van der Waals surface area (Å²) in [5, 5.41) is 11.0. The molecule has 5 nitrogen and oxygen atoms in total. The first-order valence-electron chi connectivity index (χ1n) is 7.72. The summed E-state index contributed by atoms with van der Waals surface area (Å²) < 4.78 is 0. The van der Waals surface area contributed by atoms with Crippen LogP contribution in [-0.4, -0.2) is 68.6 Å². The van der Waals surface area contributed by atoms with E-state index in [9.17, 15) is 0 Å². The Morgan fingerprint density at radius 3 is 2.62 bits per heavy atom. The van der Waals surface area contributed by atoms with Crippen LogP contribution < -0.4 is 10.6 Å². The van der Waals surface area contributed by atoms with Crippen LogP contribution in [0, 0.1) is 0 Å². The van der Waals surface area contributed by atoms with E-state index in [-0.39, 0.29) is 0 Å². The van der Waals surface area contributed by atoms with Crippen molar-refractivity contribution in [2.75, 3.05) is 52.9 Å². The molecule has 1 aromatic rings. The summed E-state index contributed by atoms with van der Waals surface area (Å²) >= 11 is 1.73. The van der Waals surface area contributed by atoms with Gasteiger partial charge in [0.2, 0.25) is 0 Å². The lowest BCUT2D eigenvalue weighted by Crippen LogP contribution is -2.49. The highest BCUT2D eigenvalue weighted by Gasteiger charge is 2.14. The highest BCUT2D eigenvalue weighted by Crippen LogP contribution is 2.04. The van der Waals surface area contributed by atoms with Crippen molar-refractivity contribution in [3.63, 3.8) is 0 Å². The molecule has 0 unspecified atom stereocenters. The number of guanidine groups is 1. The second-order valence-corrected chi connectivity index (χ2v) is 6.04. The lowest BCUT2D eigenvalue weighted by molar-refractivity contribution is 0.139. The number of hydrogen-bond acceptors (Lipinski definition) is 4. The molecule has 0 saturated carbocycles. The molecule has 2 rings (SSSR count). The van der Waals surface area contributed by atoms with Crippen LogP contribution in [0.25, 0.3) is 0 Å². The molecule has 1 fully saturated rings. The predicted octanol–water partition coefficient (Wildman–Crippen LogP) is 1.05. The van der Waals surface area contributed by atoms with Crippen LogP contribution in [0.4, 0.5) is 0 Å². The summed E-state index contributed by atoms with van der Waals surface area (Å²) in [6.45, 7) is 11.0. The fourth-order valence-electron chi connectivity index (χ4n) is 2.46. The van der Waals surface area contributed by atoms with Crippen LogP contribution in [0.3, 0.4) is 0 Å². The molecule has 0 bridgehead atoms. The SMILES string of the molecule is CCN1CCN(CCNC(=NC)NCc2ccsc2)CC1. The van der Waals surface area contributed by atoms with E-state index in [1.54, 1.807) is 11.3 Å². The van der Waals surface area contributed by atoms with E-state index in [1.807, 2.05) is 7.05 Å². The van der Waals surface area contributed by atoms with Crippen molar-refractivity contribution in [1.82, 2.24) is 20.4 Å². The summed E-state index contributed by atoms with van der Waals surface area (Å²) in [4.78, 5) is 9.29. The molecule has 1 aliphatic heterocycles. The van der Waals surface area contributed by atoms with Gasteiger partial charge in [0.25, 0.3) is 0 Å². The molecule has 0 atom stereocenters. The number of rotatable bonds is 6. The van der Waals surface area contributed by atoms with Gasteiger partial charge in [-0.15, -0.1) is 0 Å². The molecule has 1 aromatic heterocycles. The molecule has 2 N–H and O–H groups in total. The van der Waals surface area contributed by atoms with Gasteiger partial charge in [-0.1, -0.05) is 6.92 Å². The first-order valence-corrected chi connectivity index (χ1v) is 8.66. The number of piperazine rings is 1. The number of likely N-dealkylation sites (N-methyl/N-ethyl adjacent to an activating group) is 1. The molecule has 0 radical (unpaired) electrons. The van der Waals surface area contributed by atoms with E-state index in [0.29, 0.717) is 0 Å². The van der Waals surface area contributed by atoms with Crippen LogP contribution >= 0.6 is 11.3 Å². The number of thiophene rings is 1. The molecular weight excluding hydrogens is 282 g/mol. The van der Waals surface area contributed by atoms with Gasteiger partial charge in [0.1, 0.15) is 0 Å². The summed E-state index contributed by atoms with van der Waals surface area (Å²) in [6.07, 6.45) is 0. The van der Waals surface area contributed by atoms with Gasteiger partial charge in [-0.2, -0.15) is 11.3 Å². The van der Waals surface area contributed by atoms with Crippen LogP contribution in [0.15, 0.2) is 21.8 Å². The quantitative estimate of drug-likeness (QED) is 0.609. The number of aliphatic imine (C=N–C) groups is 1. The minimum Gasteiger partial charge on any atom is -0.355 e. The van der Waals surface area contributed by atoms with Crippen molar-refractivity contribution in [1.29, 1.82) is 0 Å². The molecule has 0 amide bonds. The highest BCUT2D eigenvalue weighted by atomic mass is 32.1. The Hall–Kier alpha value is -1.11. The van der Waals surface area contributed by atoms with Gasteiger partial charge in [0.05, 0.1) is 0 Å². The van der Waals surface area contributed by atoms with Crippen LogP contribution in [0.2, 0.25) is 0 Å². The largest absolute Gasteiger partial charge is 0.355 e. The molecule has 0 aliphatic carbocycles. The zero-order chi connectivity index (χ0) is 14.9. The first-order chi connectivity index (χ1) is 10.3. The molecule has 0 spiro atoms. The van der Waals surface area contributed by atoms with Gasteiger partial charge < -0.3 is 15.5 Å². The van der Waals surface area contributed by atoms with Crippen molar-refractivity contribution >= 4 is 17.3 Å². The summed E-state index contributed by atoms with van der Waals surface area (Å²) in [5.41, 5.74) is 1.30. The maximum Gasteiger partial charge on any atom is 0.191 e. The van der Waals surface area contributed by atoms with E-state index in [2.05, 4.69) is 49.2 Å². The Balaban J connectivity index is 1.60.